The third-order valence-corrected chi connectivity index (χ3v) is 4.71. The Morgan fingerprint density at radius 2 is 1.88 bits per heavy atom. The van der Waals surface area contributed by atoms with E-state index in [1.165, 1.54) is 18.5 Å². The van der Waals surface area contributed by atoms with Crippen molar-refractivity contribution >= 4 is 50.5 Å². The van der Waals surface area contributed by atoms with E-state index in [0.717, 1.165) is 22.7 Å². The molecule has 0 aliphatic rings. The van der Waals surface area contributed by atoms with Crippen LogP contribution in [0.25, 0.3) is 0 Å². The Hall–Kier alpha value is -2.98. The molecule has 4 N–H and O–H groups in total. The highest BCUT2D eigenvalue weighted by atomic mass is 32.1. The maximum absolute atomic E-state index is 12.1. The van der Waals surface area contributed by atoms with Gasteiger partial charge in [0.05, 0.1) is 22.3 Å². The minimum absolute atomic E-state index is 0.177. The van der Waals surface area contributed by atoms with Crippen molar-refractivity contribution in [2.75, 3.05) is 10.6 Å². The van der Waals surface area contributed by atoms with Crippen LogP contribution in [0, 0.1) is 0 Å². The lowest BCUT2D eigenvalue weighted by Crippen LogP contribution is -2.10. The van der Waals surface area contributed by atoms with Crippen molar-refractivity contribution in [1.29, 1.82) is 0 Å². The van der Waals surface area contributed by atoms with Crippen LogP contribution in [0.15, 0.2) is 41.1 Å². The van der Waals surface area contributed by atoms with Crippen molar-refractivity contribution in [3.63, 3.8) is 0 Å². The van der Waals surface area contributed by atoms with Crippen molar-refractivity contribution in [2.24, 2.45) is 5.73 Å². The SMILES string of the molecule is NC(=O)c1cnc(NC(=O)c2ccc(NC(=O)c3ccco3)s2)s1. The van der Waals surface area contributed by atoms with Crippen molar-refractivity contribution in [1.82, 2.24) is 4.98 Å². The number of primary amides is 1. The third kappa shape index (κ3) is 3.50. The summed E-state index contributed by atoms with van der Waals surface area (Å²) in [6, 6.07) is 6.32. The average Bonchev–Trinajstić information content (AvgIpc) is 3.28. The van der Waals surface area contributed by atoms with E-state index in [4.69, 9.17) is 10.2 Å². The van der Waals surface area contributed by atoms with E-state index >= 15 is 0 Å². The summed E-state index contributed by atoms with van der Waals surface area (Å²) >= 11 is 2.08. The Bertz CT molecular complexity index is 898. The van der Waals surface area contributed by atoms with Gasteiger partial charge in [-0.1, -0.05) is 11.3 Å². The largest absolute Gasteiger partial charge is 0.459 e. The number of hydrogen-bond donors (Lipinski definition) is 3. The summed E-state index contributed by atoms with van der Waals surface area (Å²) in [6.07, 6.45) is 2.70. The summed E-state index contributed by atoms with van der Waals surface area (Å²) in [7, 11) is 0. The van der Waals surface area contributed by atoms with Gasteiger partial charge in [-0.25, -0.2) is 4.98 Å². The molecule has 24 heavy (non-hydrogen) atoms. The molecule has 3 amide bonds. The first-order valence-corrected chi connectivity index (χ1v) is 8.18. The lowest BCUT2D eigenvalue weighted by atomic mass is 10.4. The second-order valence-electron chi connectivity index (χ2n) is 4.44. The number of carbonyl (C=O) groups excluding carboxylic acids is 3. The standard InChI is InChI=1S/C14H10N4O4S2/c15-11(19)9-6-16-14(24-9)18-13(21)8-3-4-10(23-8)17-12(20)7-2-1-5-22-7/h1-6H,(H2,15,19)(H,17,20)(H,16,18,21). The Morgan fingerprint density at radius 1 is 1.04 bits per heavy atom. The molecule has 0 fully saturated rings. The van der Waals surface area contributed by atoms with E-state index in [2.05, 4.69) is 15.6 Å². The highest BCUT2D eigenvalue weighted by Crippen LogP contribution is 2.25. The quantitative estimate of drug-likeness (QED) is 0.642. The van der Waals surface area contributed by atoms with E-state index in [0.29, 0.717) is 9.88 Å². The topological polar surface area (TPSA) is 127 Å². The van der Waals surface area contributed by atoms with Crippen LogP contribution in [-0.2, 0) is 0 Å². The zero-order chi connectivity index (χ0) is 17.1. The fourth-order valence-corrected chi connectivity index (χ4v) is 3.17. The van der Waals surface area contributed by atoms with Crippen LogP contribution in [-0.4, -0.2) is 22.7 Å². The number of amides is 3. The Balaban J connectivity index is 1.65. The van der Waals surface area contributed by atoms with Crippen molar-refractivity contribution in [3.8, 4) is 0 Å². The van der Waals surface area contributed by atoms with Gasteiger partial charge in [-0.2, -0.15) is 0 Å². The van der Waals surface area contributed by atoms with Gasteiger partial charge >= 0.3 is 0 Å². The number of rotatable bonds is 5. The first-order chi connectivity index (χ1) is 11.5. The average molecular weight is 362 g/mol. The number of aromatic nitrogens is 1. The van der Waals surface area contributed by atoms with Crippen LogP contribution >= 0.6 is 22.7 Å². The lowest BCUT2D eigenvalue weighted by molar-refractivity contribution is 0.0991. The Labute approximate surface area is 143 Å². The number of thiophene rings is 1. The van der Waals surface area contributed by atoms with Crippen LogP contribution < -0.4 is 16.4 Å². The normalized spacial score (nSPS) is 10.3. The molecular weight excluding hydrogens is 352 g/mol. The van der Waals surface area contributed by atoms with Gasteiger partial charge in [0.1, 0.15) is 4.88 Å². The monoisotopic (exact) mass is 362 g/mol. The fourth-order valence-electron chi connectivity index (χ4n) is 1.71. The molecule has 0 radical (unpaired) electrons. The Morgan fingerprint density at radius 3 is 2.54 bits per heavy atom. The molecule has 0 saturated heterocycles. The van der Waals surface area contributed by atoms with Crippen molar-refractivity contribution in [3.05, 3.63) is 52.2 Å². The highest BCUT2D eigenvalue weighted by Gasteiger charge is 2.15. The predicted octanol–water partition coefficient (Wildman–Crippen LogP) is 2.40. The van der Waals surface area contributed by atoms with Gasteiger partial charge in [0.15, 0.2) is 10.9 Å². The number of nitrogens with zero attached hydrogens (tertiary/aromatic N) is 1. The molecular formula is C14H10N4O4S2. The van der Waals surface area contributed by atoms with Gasteiger partial charge in [-0.05, 0) is 24.3 Å². The van der Waals surface area contributed by atoms with Gasteiger partial charge in [0.25, 0.3) is 17.7 Å². The maximum atomic E-state index is 12.1. The molecule has 8 nitrogen and oxygen atoms in total. The number of nitrogens with two attached hydrogens (primary N) is 1. The first kappa shape index (κ1) is 15.9. The molecule has 122 valence electrons. The minimum Gasteiger partial charge on any atom is -0.459 e. The van der Waals surface area contributed by atoms with Crippen molar-refractivity contribution < 1.29 is 18.8 Å². The molecule has 3 aromatic rings. The van der Waals surface area contributed by atoms with E-state index in [1.54, 1.807) is 18.2 Å². The van der Waals surface area contributed by atoms with Gasteiger partial charge in [-0.15, -0.1) is 11.3 Å². The molecule has 0 bridgehead atoms. The number of thiazole rings is 1. The summed E-state index contributed by atoms with van der Waals surface area (Å²) in [4.78, 5) is 39.5. The maximum Gasteiger partial charge on any atom is 0.291 e. The van der Waals surface area contributed by atoms with E-state index in [1.807, 2.05) is 0 Å². The first-order valence-electron chi connectivity index (χ1n) is 6.54. The predicted molar refractivity (Wildman–Crippen MR) is 89.6 cm³/mol. The smallest absolute Gasteiger partial charge is 0.291 e. The van der Waals surface area contributed by atoms with Crippen molar-refractivity contribution in [2.45, 2.75) is 0 Å². The molecule has 0 unspecified atom stereocenters. The fraction of sp³-hybridized carbons (Fsp3) is 0. The molecule has 0 aliphatic heterocycles. The molecule has 10 heteroatoms. The second kappa shape index (κ2) is 6.64. The zero-order valence-corrected chi connectivity index (χ0v) is 13.6. The van der Waals surface area contributed by atoms with Gasteiger partial charge in [0, 0.05) is 0 Å². The van der Waals surface area contributed by atoms with Gasteiger partial charge in [-0.3, -0.25) is 19.7 Å². The molecule has 0 spiro atoms. The van der Waals surface area contributed by atoms with Crippen LogP contribution in [0.1, 0.15) is 29.9 Å². The van der Waals surface area contributed by atoms with E-state index < -0.39 is 17.7 Å². The zero-order valence-electron chi connectivity index (χ0n) is 11.9. The van der Waals surface area contributed by atoms with Gasteiger partial charge < -0.3 is 15.5 Å². The molecule has 3 heterocycles. The molecule has 3 rings (SSSR count). The third-order valence-electron chi connectivity index (χ3n) is 2.78. The van der Waals surface area contributed by atoms with E-state index in [-0.39, 0.29) is 15.8 Å². The van der Waals surface area contributed by atoms with Crippen LogP contribution in [0.5, 0.6) is 0 Å². The molecule has 0 atom stereocenters. The van der Waals surface area contributed by atoms with Gasteiger partial charge in [0.2, 0.25) is 0 Å². The summed E-state index contributed by atoms with van der Waals surface area (Å²) in [5, 5.41) is 5.97. The summed E-state index contributed by atoms with van der Waals surface area (Å²) in [6.45, 7) is 0. The molecule has 0 aromatic carbocycles. The second-order valence-corrected chi connectivity index (χ2v) is 6.56. The summed E-state index contributed by atoms with van der Waals surface area (Å²) in [5.74, 6) is -1.23. The van der Waals surface area contributed by atoms with Crippen LogP contribution in [0.3, 0.4) is 0 Å². The number of carbonyl (C=O) groups is 3. The number of anilines is 2. The van der Waals surface area contributed by atoms with Crippen LogP contribution in [0.4, 0.5) is 10.1 Å². The lowest BCUT2D eigenvalue weighted by Gasteiger charge is -1.99. The number of furan rings is 1. The molecule has 0 aliphatic carbocycles. The number of hydrogen-bond acceptors (Lipinski definition) is 7. The molecule has 0 saturated carbocycles. The van der Waals surface area contributed by atoms with Crippen LogP contribution in [0.2, 0.25) is 0 Å². The Kier molecular flexibility index (Phi) is 4.40. The minimum atomic E-state index is -0.605. The highest BCUT2D eigenvalue weighted by molar-refractivity contribution is 7.19. The summed E-state index contributed by atoms with van der Waals surface area (Å²) < 4.78 is 4.99. The molecule has 3 aromatic heterocycles. The summed E-state index contributed by atoms with van der Waals surface area (Å²) in [5.41, 5.74) is 5.13. The van der Waals surface area contributed by atoms with E-state index in [9.17, 15) is 14.4 Å². The number of nitrogens with one attached hydrogen (secondary N) is 2.